The van der Waals surface area contributed by atoms with Crippen LogP contribution >= 0.6 is 15.9 Å². The normalized spacial score (nSPS) is 19.8. The van der Waals surface area contributed by atoms with E-state index in [1.54, 1.807) is 0 Å². The molecule has 0 bridgehead atoms. The Hall–Kier alpha value is -1.96. The van der Waals surface area contributed by atoms with Crippen molar-refractivity contribution in [1.82, 2.24) is 10.6 Å². The first-order valence-corrected chi connectivity index (χ1v) is 8.88. The van der Waals surface area contributed by atoms with Crippen LogP contribution in [0.5, 0.6) is 0 Å². The van der Waals surface area contributed by atoms with E-state index >= 15 is 0 Å². The Morgan fingerprint density at radius 2 is 2.00 bits per heavy atom. The van der Waals surface area contributed by atoms with Crippen LogP contribution in [0.3, 0.4) is 0 Å². The van der Waals surface area contributed by atoms with Crippen LogP contribution in [-0.4, -0.2) is 30.6 Å². The molecule has 1 saturated carbocycles. The summed E-state index contributed by atoms with van der Waals surface area (Å²) in [5, 5.41) is 4.90. The third-order valence-corrected chi connectivity index (χ3v) is 4.86. The molecule has 0 heterocycles. The van der Waals surface area contributed by atoms with Gasteiger partial charge in [0.1, 0.15) is 5.82 Å². The SMILES string of the molecule is C[C@H]1CCCC[C@@H]1NC(=O)NC(=O)COC(=O)c1cc(F)ccc1Br. The zero-order valence-corrected chi connectivity index (χ0v) is 15.4. The Kier molecular flexibility index (Phi) is 6.92. The van der Waals surface area contributed by atoms with E-state index in [0.29, 0.717) is 10.4 Å². The monoisotopic (exact) mass is 414 g/mol. The molecule has 6 nitrogen and oxygen atoms in total. The van der Waals surface area contributed by atoms with Gasteiger partial charge in [-0.15, -0.1) is 0 Å². The van der Waals surface area contributed by atoms with Crippen molar-refractivity contribution in [1.29, 1.82) is 0 Å². The molecule has 3 amide bonds. The van der Waals surface area contributed by atoms with Crippen molar-refractivity contribution < 1.29 is 23.5 Å². The van der Waals surface area contributed by atoms with Crippen molar-refractivity contribution in [3.8, 4) is 0 Å². The van der Waals surface area contributed by atoms with Crippen LogP contribution in [0.15, 0.2) is 22.7 Å². The summed E-state index contributed by atoms with van der Waals surface area (Å²) in [6.07, 6.45) is 4.11. The van der Waals surface area contributed by atoms with E-state index in [2.05, 4.69) is 33.5 Å². The number of amides is 3. The number of esters is 1. The number of halogens is 2. The number of imide groups is 1. The Morgan fingerprint density at radius 3 is 2.72 bits per heavy atom. The highest BCUT2D eigenvalue weighted by Gasteiger charge is 2.23. The van der Waals surface area contributed by atoms with Gasteiger partial charge in [-0.25, -0.2) is 14.0 Å². The molecule has 0 aliphatic heterocycles. The van der Waals surface area contributed by atoms with Crippen LogP contribution in [0, 0.1) is 11.7 Å². The van der Waals surface area contributed by atoms with Gasteiger partial charge >= 0.3 is 12.0 Å². The lowest BCUT2D eigenvalue weighted by molar-refractivity contribution is -0.123. The van der Waals surface area contributed by atoms with E-state index in [1.165, 1.54) is 12.1 Å². The van der Waals surface area contributed by atoms with Gasteiger partial charge in [0.25, 0.3) is 5.91 Å². The van der Waals surface area contributed by atoms with Crippen LogP contribution in [0.25, 0.3) is 0 Å². The van der Waals surface area contributed by atoms with Gasteiger partial charge in [0.05, 0.1) is 5.56 Å². The fraction of sp³-hybridized carbons (Fsp3) is 0.471. The Labute approximate surface area is 153 Å². The van der Waals surface area contributed by atoms with Crippen LogP contribution in [0.4, 0.5) is 9.18 Å². The van der Waals surface area contributed by atoms with Crippen molar-refractivity contribution in [3.05, 3.63) is 34.1 Å². The molecule has 0 unspecified atom stereocenters. The molecule has 0 radical (unpaired) electrons. The van der Waals surface area contributed by atoms with E-state index in [1.807, 2.05) is 0 Å². The van der Waals surface area contributed by atoms with Gasteiger partial charge in [-0.1, -0.05) is 19.8 Å². The maximum absolute atomic E-state index is 13.2. The molecule has 0 spiro atoms. The standard InChI is InChI=1S/C17H20BrFN2O4/c1-10-4-2-3-5-14(10)20-17(24)21-15(22)9-25-16(23)12-8-11(19)6-7-13(12)18/h6-8,10,14H,2-5,9H2,1H3,(H2,20,21,22,24)/t10-,14-/m0/s1. The quantitative estimate of drug-likeness (QED) is 0.741. The van der Waals surface area contributed by atoms with Gasteiger partial charge < -0.3 is 10.1 Å². The van der Waals surface area contributed by atoms with Gasteiger partial charge in [0.2, 0.25) is 0 Å². The Bertz CT molecular complexity index is 668. The van der Waals surface area contributed by atoms with Crippen molar-refractivity contribution >= 4 is 33.8 Å². The second-order valence-corrected chi connectivity index (χ2v) is 6.94. The topological polar surface area (TPSA) is 84.5 Å². The highest BCUT2D eigenvalue weighted by molar-refractivity contribution is 9.10. The molecule has 2 rings (SSSR count). The summed E-state index contributed by atoms with van der Waals surface area (Å²) in [5.74, 6) is -1.84. The lowest BCUT2D eigenvalue weighted by atomic mass is 9.86. The van der Waals surface area contributed by atoms with E-state index in [9.17, 15) is 18.8 Å². The van der Waals surface area contributed by atoms with Crippen LogP contribution in [0.2, 0.25) is 0 Å². The van der Waals surface area contributed by atoms with Crippen LogP contribution < -0.4 is 10.6 Å². The number of ether oxygens (including phenoxy) is 1. The number of nitrogens with one attached hydrogen (secondary N) is 2. The first-order valence-electron chi connectivity index (χ1n) is 8.09. The maximum Gasteiger partial charge on any atom is 0.339 e. The summed E-state index contributed by atoms with van der Waals surface area (Å²) in [7, 11) is 0. The molecule has 136 valence electrons. The number of hydrogen-bond acceptors (Lipinski definition) is 4. The summed E-state index contributed by atoms with van der Waals surface area (Å²) < 4.78 is 18.3. The fourth-order valence-corrected chi connectivity index (χ4v) is 3.17. The molecule has 1 aliphatic rings. The van der Waals surface area contributed by atoms with Gasteiger partial charge in [-0.2, -0.15) is 0 Å². The van der Waals surface area contributed by atoms with Gasteiger partial charge in [0.15, 0.2) is 6.61 Å². The van der Waals surface area contributed by atoms with Crippen LogP contribution in [-0.2, 0) is 9.53 Å². The summed E-state index contributed by atoms with van der Waals surface area (Å²) in [6.45, 7) is 1.43. The molecule has 1 fully saturated rings. The molecule has 1 aromatic rings. The molecular weight excluding hydrogens is 395 g/mol. The highest BCUT2D eigenvalue weighted by atomic mass is 79.9. The third kappa shape index (κ3) is 5.81. The number of benzene rings is 1. The first kappa shape index (κ1) is 19.4. The second kappa shape index (κ2) is 8.94. The molecule has 1 aliphatic carbocycles. The van der Waals surface area contributed by atoms with E-state index in [-0.39, 0.29) is 11.6 Å². The van der Waals surface area contributed by atoms with Crippen molar-refractivity contribution in [3.63, 3.8) is 0 Å². The fourth-order valence-electron chi connectivity index (χ4n) is 2.76. The zero-order chi connectivity index (χ0) is 18.4. The third-order valence-electron chi connectivity index (χ3n) is 4.16. The van der Waals surface area contributed by atoms with Gasteiger partial charge in [-0.3, -0.25) is 10.1 Å². The summed E-state index contributed by atoms with van der Waals surface area (Å²) >= 11 is 3.11. The van der Waals surface area contributed by atoms with Gasteiger partial charge in [0, 0.05) is 10.5 Å². The maximum atomic E-state index is 13.2. The van der Waals surface area contributed by atoms with E-state index in [0.717, 1.165) is 31.7 Å². The van der Waals surface area contributed by atoms with E-state index in [4.69, 9.17) is 4.74 Å². The highest BCUT2D eigenvalue weighted by Crippen LogP contribution is 2.23. The Morgan fingerprint density at radius 1 is 1.28 bits per heavy atom. The predicted molar refractivity (Wildman–Crippen MR) is 92.5 cm³/mol. The zero-order valence-electron chi connectivity index (χ0n) is 13.8. The molecule has 8 heteroatoms. The largest absolute Gasteiger partial charge is 0.452 e. The van der Waals surface area contributed by atoms with Crippen LogP contribution in [0.1, 0.15) is 43.0 Å². The molecule has 2 atom stereocenters. The summed E-state index contributed by atoms with van der Waals surface area (Å²) in [4.78, 5) is 35.4. The molecule has 25 heavy (non-hydrogen) atoms. The minimum Gasteiger partial charge on any atom is -0.452 e. The molecule has 2 N–H and O–H groups in total. The second-order valence-electron chi connectivity index (χ2n) is 6.09. The molecular formula is C17H20BrFN2O4. The lowest BCUT2D eigenvalue weighted by Gasteiger charge is -2.29. The summed E-state index contributed by atoms with van der Waals surface area (Å²) in [6, 6.07) is 2.98. The minimum atomic E-state index is -0.858. The smallest absolute Gasteiger partial charge is 0.339 e. The lowest BCUT2D eigenvalue weighted by Crippen LogP contribution is -2.48. The molecule has 0 aromatic heterocycles. The molecule has 0 saturated heterocycles. The molecule has 1 aromatic carbocycles. The Balaban J connectivity index is 1.79. The number of carbonyl (C=O) groups excluding carboxylic acids is 3. The number of carbonyl (C=O) groups is 3. The van der Waals surface area contributed by atoms with E-state index < -0.39 is 30.3 Å². The van der Waals surface area contributed by atoms with Crippen molar-refractivity contribution in [2.45, 2.75) is 38.6 Å². The number of urea groups is 1. The van der Waals surface area contributed by atoms with Crippen molar-refractivity contribution in [2.75, 3.05) is 6.61 Å². The summed E-state index contributed by atoms with van der Waals surface area (Å²) in [5.41, 5.74) is -0.0340. The minimum absolute atomic E-state index is 0.0340. The predicted octanol–water partition coefficient (Wildman–Crippen LogP) is 3.15. The average molecular weight is 415 g/mol. The number of hydrogen-bond donors (Lipinski definition) is 2. The first-order chi connectivity index (χ1) is 11.9. The number of rotatable bonds is 4. The average Bonchev–Trinajstić information content (AvgIpc) is 2.57. The van der Waals surface area contributed by atoms with Gasteiger partial charge in [-0.05, 0) is 52.9 Å². The van der Waals surface area contributed by atoms with Crippen molar-refractivity contribution in [2.24, 2.45) is 5.92 Å².